The van der Waals surface area contributed by atoms with Crippen LogP contribution in [0.25, 0.3) is 0 Å². The molecule has 0 aliphatic carbocycles. The zero-order chi connectivity index (χ0) is 8.43. The molecule has 0 spiro atoms. The second kappa shape index (κ2) is 3.17. The molecule has 0 unspecified atom stereocenters. The van der Waals surface area contributed by atoms with Gasteiger partial charge in [-0.15, -0.1) is 0 Å². The fourth-order valence-corrected chi connectivity index (χ4v) is 0.974. The molecule has 0 saturated carbocycles. The Morgan fingerprint density at radius 3 is 2.64 bits per heavy atom. The van der Waals surface area contributed by atoms with Gasteiger partial charge in [0.25, 0.3) is 6.43 Å². The van der Waals surface area contributed by atoms with Crippen molar-refractivity contribution in [3.8, 4) is 0 Å². The molecule has 5 heteroatoms. The molecule has 0 saturated heterocycles. The van der Waals surface area contributed by atoms with Crippen LogP contribution in [0.2, 0.25) is 5.15 Å². The molecule has 1 aromatic heterocycles. The van der Waals surface area contributed by atoms with Crippen molar-refractivity contribution < 1.29 is 8.78 Å². The molecular weight excluding hydrogens is 174 g/mol. The highest BCUT2D eigenvalue weighted by Crippen LogP contribution is 2.25. The van der Waals surface area contributed by atoms with E-state index in [1.165, 1.54) is 4.68 Å². The van der Waals surface area contributed by atoms with Crippen LogP contribution in [0.15, 0.2) is 0 Å². The van der Waals surface area contributed by atoms with Gasteiger partial charge in [0.1, 0.15) is 11.3 Å². The molecule has 1 rings (SSSR count). The molecule has 0 bridgehead atoms. The van der Waals surface area contributed by atoms with Crippen LogP contribution in [0.5, 0.6) is 0 Å². The van der Waals surface area contributed by atoms with Gasteiger partial charge in [-0.2, -0.15) is 5.10 Å². The minimum absolute atomic E-state index is 0.0255. The first-order chi connectivity index (χ1) is 5.16. The van der Waals surface area contributed by atoms with E-state index in [0.29, 0.717) is 6.54 Å². The summed E-state index contributed by atoms with van der Waals surface area (Å²) in [6.45, 7) is 2.24. The summed E-state index contributed by atoms with van der Waals surface area (Å²) in [6, 6.07) is 0. The lowest BCUT2D eigenvalue weighted by Crippen LogP contribution is -1.95. The number of alkyl halides is 2. The van der Waals surface area contributed by atoms with Gasteiger partial charge in [-0.05, 0) is 6.92 Å². The van der Waals surface area contributed by atoms with E-state index >= 15 is 0 Å². The zero-order valence-electron chi connectivity index (χ0n) is 5.81. The smallest absolute Gasteiger partial charge is 0.253 e. The summed E-state index contributed by atoms with van der Waals surface area (Å²) >= 11 is 5.51. The Labute approximate surface area is 67.8 Å². The molecule has 0 amide bonds. The molecule has 61 valence electrons. The number of nitrogens with zero attached hydrogens (tertiary/aromatic N) is 2. The maximum Gasteiger partial charge on any atom is 0.269 e. The Morgan fingerprint density at radius 2 is 2.36 bits per heavy atom. The predicted octanol–water partition coefficient (Wildman–Crippen LogP) is 2.29. The van der Waals surface area contributed by atoms with Gasteiger partial charge in [0, 0.05) is 6.54 Å². The van der Waals surface area contributed by atoms with Crippen molar-refractivity contribution in [2.24, 2.45) is 0 Å². The van der Waals surface area contributed by atoms with Crippen LogP contribution < -0.4 is 0 Å². The van der Waals surface area contributed by atoms with E-state index in [1.54, 1.807) is 6.92 Å². The number of rotatable bonds is 2. The minimum atomic E-state index is -2.59. The summed E-state index contributed by atoms with van der Waals surface area (Å²) in [4.78, 5) is 0. The molecule has 0 aliphatic rings. The van der Waals surface area contributed by atoms with Crippen LogP contribution in [-0.4, -0.2) is 9.78 Å². The van der Waals surface area contributed by atoms with Crippen molar-refractivity contribution in [1.29, 1.82) is 0 Å². The predicted molar refractivity (Wildman–Crippen MR) is 36.7 cm³/mol. The summed E-state index contributed by atoms with van der Waals surface area (Å²) in [7, 11) is 0. The highest BCUT2D eigenvalue weighted by molar-refractivity contribution is 6.30. The van der Waals surface area contributed by atoms with Gasteiger partial charge in [0.2, 0.25) is 0 Å². The van der Waals surface area contributed by atoms with E-state index in [1.807, 2.05) is 0 Å². The Balaban J connectivity index is 3.00. The fourth-order valence-electron chi connectivity index (χ4n) is 0.692. The minimum Gasteiger partial charge on any atom is -0.253 e. The van der Waals surface area contributed by atoms with E-state index in [4.69, 9.17) is 11.6 Å². The van der Waals surface area contributed by atoms with E-state index in [-0.39, 0.29) is 10.7 Å². The zero-order valence-corrected chi connectivity index (χ0v) is 6.57. The summed E-state index contributed by atoms with van der Waals surface area (Å²) in [5.74, 6) is 0. The molecule has 0 aliphatic heterocycles. The van der Waals surface area contributed by atoms with E-state index < -0.39 is 6.43 Å². The maximum atomic E-state index is 12.0. The van der Waals surface area contributed by atoms with Crippen LogP contribution in [0, 0.1) is 6.20 Å². The van der Waals surface area contributed by atoms with Crippen molar-refractivity contribution in [3.63, 3.8) is 0 Å². The van der Waals surface area contributed by atoms with Gasteiger partial charge in [0.05, 0.1) is 5.56 Å². The molecule has 11 heavy (non-hydrogen) atoms. The highest BCUT2D eigenvalue weighted by Gasteiger charge is 2.16. The van der Waals surface area contributed by atoms with Crippen molar-refractivity contribution in [2.75, 3.05) is 0 Å². The Kier molecular flexibility index (Phi) is 2.44. The summed E-state index contributed by atoms with van der Waals surface area (Å²) in [5.41, 5.74) is -0.325. The lowest BCUT2D eigenvalue weighted by molar-refractivity contribution is 0.151. The Morgan fingerprint density at radius 1 is 1.73 bits per heavy atom. The first-order valence-corrected chi connectivity index (χ1v) is 3.46. The number of aromatic nitrogens is 2. The second-order valence-electron chi connectivity index (χ2n) is 1.93. The SMILES string of the molecule is CCn1n[c]c(C(F)F)c1Cl. The monoisotopic (exact) mass is 179 g/mol. The van der Waals surface area contributed by atoms with Gasteiger partial charge < -0.3 is 0 Å². The van der Waals surface area contributed by atoms with E-state index in [9.17, 15) is 8.78 Å². The lowest BCUT2D eigenvalue weighted by Gasteiger charge is -1.97. The fraction of sp³-hybridized carbons (Fsp3) is 0.500. The van der Waals surface area contributed by atoms with Crippen molar-refractivity contribution >= 4 is 11.6 Å². The molecule has 1 radical (unpaired) electrons. The third-order valence-electron chi connectivity index (χ3n) is 1.26. The molecule has 2 nitrogen and oxygen atoms in total. The second-order valence-corrected chi connectivity index (χ2v) is 2.29. The topological polar surface area (TPSA) is 17.8 Å². The molecule has 0 fully saturated rings. The third-order valence-corrected chi connectivity index (χ3v) is 1.66. The van der Waals surface area contributed by atoms with Gasteiger partial charge in [-0.1, -0.05) is 11.6 Å². The van der Waals surface area contributed by atoms with E-state index in [2.05, 4.69) is 11.3 Å². The van der Waals surface area contributed by atoms with Gasteiger partial charge in [-0.25, -0.2) is 8.78 Å². The van der Waals surface area contributed by atoms with E-state index in [0.717, 1.165) is 0 Å². The largest absolute Gasteiger partial charge is 0.269 e. The summed E-state index contributed by atoms with van der Waals surface area (Å²) in [5, 5.41) is 3.51. The Hall–Kier alpha value is -0.640. The summed E-state index contributed by atoms with van der Waals surface area (Å²) < 4.78 is 25.3. The van der Waals surface area contributed by atoms with Crippen molar-refractivity contribution in [1.82, 2.24) is 9.78 Å². The lowest BCUT2D eigenvalue weighted by atomic mass is 10.4. The van der Waals surface area contributed by atoms with Gasteiger partial charge >= 0.3 is 0 Å². The van der Waals surface area contributed by atoms with Crippen molar-refractivity contribution in [3.05, 3.63) is 16.9 Å². The van der Waals surface area contributed by atoms with Crippen LogP contribution in [0.3, 0.4) is 0 Å². The molecule has 1 heterocycles. The third kappa shape index (κ3) is 1.50. The first kappa shape index (κ1) is 8.46. The highest BCUT2D eigenvalue weighted by atomic mass is 35.5. The normalized spacial score (nSPS) is 11.0. The average Bonchev–Trinajstić information content (AvgIpc) is 2.30. The van der Waals surface area contributed by atoms with Crippen LogP contribution in [0.4, 0.5) is 8.78 Å². The van der Waals surface area contributed by atoms with Gasteiger partial charge in [-0.3, -0.25) is 4.68 Å². The molecule has 1 aromatic rings. The number of hydrogen-bond donors (Lipinski definition) is 0. The van der Waals surface area contributed by atoms with Crippen LogP contribution in [-0.2, 0) is 6.54 Å². The Bertz CT molecular complexity index is 247. The number of aryl methyl sites for hydroxylation is 1. The van der Waals surface area contributed by atoms with Crippen LogP contribution >= 0.6 is 11.6 Å². The number of hydrogen-bond acceptors (Lipinski definition) is 1. The standard InChI is InChI=1S/C6H6ClF2N2/c1-2-11-5(7)4(3-10-11)6(8)9/h6H,2H2,1H3. The van der Waals surface area contributed by atoms with Gasteiger partial charge in [0.15, 0.2) is 0 Å². The molecule has 0 aromatic carbocycles. The maximum absolute atomic E-state index is 12.0. The molecule has 0 atom stereocenters. The quantitative estimate of drug-likeness (QED) is 0.681. The average molecular weight is 180 g/mol. The molecular formula is C6H6ClF2N2. The number of halogens is 3. The molecule has 0 N–H and O–H groups in total. The first-order valence-electron chi connectivity index (χ1n) is 3.08. The summed E-state index contributed by atoms with van der Waals surface area (Å²) in [6.07, 6.45) is -0.439. The van der Waals surface area contributed by atoms with Crippen molar-refractivity contribution in [2.45, 2.75) is 19.9 Å². The van der Waals surface area contributed by atoms with Crippen LogP contribution in [0.1, 0.15) is 18.9 Å².